The van der Waals surface area contributed by atoms with Gasteiger partial charge in [0.1, 0.15) is 5.01 Å². The van der Waals surface area contributed by atoms with Crippen molar-refractivity contribution in [3.05, 3.63) is 5.01 Å². The average Bonchev–Trinajstić information content (AvgIpc) is 2.72. The highest BCUT2D eigenvalue weighted by molar-refractivity contribution is 7.15. The molecule has 104 valence electrons. The van der Waals surface area contributed by atoms with E-state index in [0.717, 1.165) is 29.4 Å². The Labute approximate surface area is 113 Å². The summed E-state index contributed by atoms with van der Waals surface area (Å²) in [5.41, 5.74) is 5.53. The van der Waals surface area contributed by atoms with Gasteiger partial charge >= 0.3 is 0 Å². The van der Waals surface area contributed by atoms with Gasteiger partial charge in [-0.05, 0) is 25.3 Å². The molecule has 3 N–H and O–H groups in total. The van der Waals surface area contributed by atoms with Crippen LogP contribution in [0.25, 0.3) is 0 Å². The normalized spacial score (nSPS) is 12.9. The maximum atomic E-state index is 5.53. The first-order valence-electron chi connectivity index (χ1n) is 6.43. The van der Waals surface area contributed by atoms with Gasteiger partial charge in [-0.3, -0.25) is 0 Å². The van der Waals surface area contributed by atoms with E-state index in [1.807, 2.05) is 0 Å². The Hall–Kier alpha value is -0.720. The van der Waals surface area contributed by atoms with Crippen molar-refractivity contribution < 1.29 is 4.74 Å². The second-order valence-electron chi connectivity index (χ2n) is 4.83. The first-order valence-corrected chi connectivity index (χ1v) is 7.25. The van der Waals surface area contributed by atoms with Crippen LogP contribution in [-0.4, -0.2) is 36.5 Å². The number of methoxy groups -OCH3 is 1. The van der Waals surface area contributed by atoms with Crippen LogP contribution < -0.4 is 11.1 Å². The van der Waals surface area contributed by atoms with Crippen LogP contribution in [0.5, 0.6) is 0 Å². The van der Waals surface area contributed by atoms with Gasteiger partial charge in [0.15, 0.2) is 0 Å². The number of aromatic nitrogens is 2. The fraction of sp³-hybridized carbons (Fsp3) is 0.833. The Bertz CT molecular complexity index is 330. The lowest BCUT2D eigenvalue weighted by atomic mass is 10.1. The SMILES string of the molecule is COCC(CCCN)Nc1nnc(CC(C)C)s1. The van der Waals surface area contributed by atoms with Gasteiger partial charge in [0.05, 0.1) is 12.6 Å². The van der Waals surface area contributed by atoms with E-state index < -0.39 is 0 Å². The first-order chi connectivity index (χ1) is 8.65. The van der Waals surface area contributed by atoms with E-state index in [2.05, 4.69) is 29.4 Å². The summed E-state index contributed by atoms with van der Waals surface area (Å²) in [7, 11) is 1.71. The molecule has 0 saturated heterocycles. The topological polar surface area (TPSA) is 73.1 Å². The van der Waals surface area contributed by atoms with Crippen LogP contribution in [0.15, 0.2) is 0 Å². The van der Waals surface area contributed by atoms with Crippen molar-refractivity contribution in [1.29, 1.82) is 0 Å². The summed E-state index contributed by atoms with van der Waals surface area (Å²) in [6.45, 7) is 5.74. The van der Waals surface area contributed by atoms with Crippen LogP contribution in [-0.2, 0) is 11.2 Å². The maximum absolute atomic E-state index is 5.53. The highest BCUT2D eigenvalue weighted by Crippen LogP contribution is 2.19. The Morgan fingerprint density at radius 2 is 2.17 bits per heavy atom. The second-order valence-corrected chi connectivity index (χ2v) is 5.89. The molecular weight excluding hydrogens is 248 g/mol. The largest absolute Gasteiger partial charge is 0.383 e. The quantitative estimate of drug-likeness (QED) is 0.718. The molecule has 1 heterocycles. The number of anilines is 1. The molecule has 1 aromatic heterocycles. The molecule has 1 rings (SSSR count). The van der Waals surface area contributed by atoms with Crippen LogP contribution in [0.2, 0.25) is 0 Å². The monoisotopic (exact) mass is 272 g/mol. The predicted octanol–water partition coefficient (Wildman–Crippen LogP) is 1.90. The molecule has 18 heavy (non-hydrogen) atoms. The Morgan fingerprint density at radius 1 is 1.39 bits per heavy atom. The molecule has 0 amide bonds. The summed E-state index contributed by atoms with van der Waals surface area (Å²) >= 11 is 1.63. The van der Waals surface area contributed by atoms with Crippen molar-refractivity contribution in [3.8, 4) is 0 Å². The number of hydrogen-bond donors (Lipinski definition) is 2. The van der Waals surface area contributed by atoms with Gasteiger partial charge in [-0.1, -0.05) is 25.2 Å². The molecule has 0 spiro atoms. The highest BCUT2D eigenvalue weighted by atomic mass is 32.1. The molecule has 0 fully saturated rings. The fourth-order valence-corrected chi connectivity index (χ4v) is 2.71. The minimum atomic E-state index is 0.262. The van der Waals surface area contributed by atoms with E-state index in [4.69, 9.17) is 10.5 Å². The number of ether oxygens (including phenoxy) is 1. The van der Waals surface area contributed by atoms with E-state index in [-0.39, 0.29) is 6.04 Å². The third-order valence-electron chi connectivity index (χ3n) is 2.50. The smallest absolute Gasteiger partial charge is 0.205 e. The van der Waals surface area contributed by atoms with E-state index in [9.17, 15) is 0 Å². The minimum Gasteiger partial charge on any atom is -0.383 e. The Kier molecular flexibility index (Phi) is 7.15. The summed E-state index contributed by atoms with van der Waals surface area (Å²) < 4.78 is 5.20. The van der Waals surface area contributed by atoms with E-state index >= 15 is 0 Å². The molecule has 1 unspecified atom stereocenters. The predicted molar refractivity (Wildman–Crippen MR) is 76.0 cm³/mol. The summed E-state index contributed by atoms with van der Waals surface area (Å²) in [6.07, 6.45) is 2.96. The lowest BCUT2D eigenvalue weighted by Gasteiger charge is -2.16. The zero-order valence-electron chi connectivity index (χ0n) is 11.5. The van der Waals surface area contributed by atoms with Crippen molar-refractivity contribution in [2.45, 2.75) is 39.2 Å². The zero-order valence-corrected chi connectivity index (χ0v) is 12.3. The summed E-state index contributed by atoms with van der Waals surface area (Å²) in [5.74, 6) is 0.609. The van der Waals surface area contributed by atoms with Crippen LogP contribution in [0.4, 0.5) is 5.13 Å². The van der Waals surface area contributed by atoms with Gasteiger partial charge in [-0.2, -0.15) is 0 Å². The molecule has 0 aliphatic heterocycles. The van der Waals surface area contributed by atoms with Crippen molar-refractivity contribution in [1.82, 2.24) is 10.2 Å². The summed E-state index contributed by atoms with van der Waals surface area (Å²) in [6, 6.07) is 0.262. The van der Waals surface area contributed by atoms with Gasteiger partial charge in [0.2, 0.25) is 5.13 Å². The zero-order chi connectivity index (χ0) is 13.4. The van der Waals surface area contributed by atoms with Crippen molar-refractivity contribution in [2.24, 2.45) is 11.7 Å². The molecule has 0 radical (unpaired) electrons. The fourth-order valence-electron chi connectivity index (χ4n) is 1.68. The van der Waals surface area contributed by atoms with E-state index in [1.54, 1.807) is 18.4 Å². The first kappa shape index (κ1) is 15.3. The van der Waals surface area contributed by atoms with Crippen LogP contribution in [0, 0.1) is 5.92 Å². The number of nitrogens with zero attached hydrogens (tertiary/aromatic N) is 2. The van der Waals surface area contributed by atoms with Gasteiger partial charge in [0.25, 0.3) is 0 Å². The third-order valence-corrected chi connectivity index (χ3v) is 3.38. The summed E-state index contributed by atoms with van der Waals surface area (Å²) in [5, 5.41) is 13.7. The molecule has 5 nitrogen and oxygen atoms in total. The number of hydrogen-bond acceptors (Lipinski definition) is 6. The highest BCUT2D eigenvalue weighted by Gasteiger charge is 2.12. The van der Waals surface area contributed by atoms with E-state index in [1.165, 1.54) is 0 Å². The van der Waals surface area contributed by atoms with Crippen LogP contribution >= 0.6 is 11.3 Å². The third kappa shape index (κ3) is 5.75. The average molecular weight is 272 g/mol. The van der Waals surface area contributed by atoms with Gasteiger partial charge in [-0.25, -0.2) is 0 Å². The Morgan fingerprint density at radius 3 is 2.78 bits per heavy atom. The number of rotatable bonds is 9. The van der Waals surface area contributed by atoms with Crippen molar-refractivity contribution in [3.63, 3.8) is 0 Å². The molecule has 0 bridgehead atoms. The van der Waals surface area contributed by atoms with Crippen molar-refractivity contribution in [2.75, 3.05) is 25.6 Å². The Balaban J connectivity index is 2.49. The molecule has 0 aliphatic carbocycles. The molecular formula is C12H24N4OS. The van der Waals surface area contributed by atoms with Gasteiger partial charge in [-0.15, -0.1) is 10.2 Å². The maximum Gasteiger partial charge on any atom is 0.205 e. The number of nitrogens with one attached hydrogen (secondary N) is 1. The minimum absolute atomic E-state index is 0.262. The van der Waals surface area contributed by atoms with Crippen LogP contribution in [0.3, 0.4) is 0 Å². The standard InChI is InChI=1S/C12H24N4OS/c1-9(2)7-11-15-16-12(18-11)14-10(8-17-3)5-4-6-13/h9-10H,4-8,13H2,1-3H3,(H,14,16). The summed E-state index contributed by atoms with van der Waals surface area (Å²) in [4.78, 5) is 0. The molecule has 1 aromatic rings. The van der Waals surface area contributed by atoms with Crippen molar-refractivity contribution >= 4 is 16.5 Å². The molecule has 1 atom stereocenters. The van der Waals surface area contributed by atoms with E-state index in [0.29, 0.717) is 19.1 Å². The van der Waals surface area contributed by atoms with Gasteiger partial charge in [0, 0.05) is 13.5 Å². The van der Waals surface area contributed by atoms with Gasteiger partial charge < -0.3 is 15.8 Å². The molecule has 0 aliphatic rings. The molecule has 0 aromatic carbocycles. The lowest BCUT2D eigenvalue weighted by molar-refractivity contribution is 0.182. The lowest BCUT2D eigenvalue weighted by Crippen LogP contribution is -2.25. The number of nitrogens with two attached hydrogens (primary N) is 1. The van der Waals surface area contributed by atoms with Crippen LogP contribution in [0.1, 0.15) is 31.7 Å². The molecule has 0 saturated carbocycles. The molecule has 6 heteroatoms. The second kappa shape index (κ2) is 8.39.